The Bertz CT molecular complexity index is 1070. The molecule has 3 aromatic rings. The number of halogens is 2. The monoisotopic (exact) mass is 414 g/mol. The molecule has 2 amide bonds. The molecule has 0 radical (unpaired) electrons. The Morgan fingerprint density at radius 3 is 2.61 bits per heavy atom. The Labute approximate surface area is 171 Å². The fourth-order valence-corrected chi connectivity index (χ4v) is 2.76. The molecule has 0 unspecified atom stereocenters. The summed E-state index contributed by atoms with van der Waals surface area (Å²) in [6.45, 7) is 1.76. The van der Waals surface area contributed by atoms with Gasteiger partial charge < -0.3 is 5.32 Å². The van der Waals surface area contributed by atoms with Gasteiger partial charge in [-0.15, -0.1) is 0 Å². The molecule has 28 heavy (non-hydrogen) atoms. The number of aromatic nitrogens is 1. The molecule has 142 valence electrons. The van der Waals surface area contributed by atoms with E-state index in [2.05, 4.69) is 20.8 Å². The highest BCUT2D eigenvalue weighted by Crippen LogP contribution is 2.20. The van der Waals surface area contributed by atoms with Gasteiger partial charge in [-0.1, -0.05) is 35.3 Å². The van der Waals surface area contributed by atoms with Crippen molar-refractivity contribution >= 4 is 52.1 Å². The zero-order chi connectivity index (χ0) is 20.1. The van der Waals surface area contributed by atoms with E-state index in [0.717, 1.165) is 16.5 Å². The molecule has 8 heteroatoms. The number of hydrogen-bond acceptors (Lipinski definition) is 4. The maximum Gasteiger partial charge on any atom is 0.259 e. The number of benzene rings is 2. The van der Waals surface area contributed by atoms with Crippen molar-refractivity contribution in [1.29, 1.82) is 0 Å². The van der Waals surface area contributed by atoms with E-state index >= 15 is 0 Å². The van der Waals surface area contributed by atoms with E-state index in [4.69, 9.17) is 23.2 Å². The quantitative estimate of drug-likeness (QED) is 0.379. The highest BCUT2D eigenvalue weighted by atomic mass is 35.5. The van der Waals surface area contributed by atoms with Crippen LogP contribution < -0.4 is 10.7 Å². The smallest absolute Gasteiger partial charge is 0.259 e. The van der Waals surface area contributed by atoms with Crippen molar-refractivity contribution in [3.63, 3.8) is 0 Å². The van der Waals surface area contributed by atoms with Crippen LogP contribution in [-0.2, 0) is 4.79 Å². The van der Waals surface area contributed by atoms with Crippen LogP contribution in [0, 0.1) is 6.92 Å². The molecule has 1 heterocycles. The van der Waals surface area contributed by atoms with Crippen molar-refractivity contribution in [3.05, 3.63) is 75.4 Å². The summed E-state index contributed by atoms with van der Waals surface area (Å²) in [6, 6.07) is 14.0. The number of carbonyl (C=O) groups is 2. The normalized spacial score (nSPS) is 11.0. The fourth-order valence-electron chi connectivity index (χ4n) is 2.44. The first-order valence-electron chi connectivity index (χ1n) is 8.35. The third-order valence-electron chi connectivity index (χ3n) is 3.86. The third kappa shape index (κ3) is 5.06. The van der Waals surface area contributed by atoms with Crippen LogP contribution in [0.25, 0.3) is 10.9 Å². The lowest BCUT2D eigenvalue weighted by atomic mass is 10.1. The van der Waals surface area contributed by atoms with Gasteiger partial charge in [0, 0.05) is 21.5 Å². The standard InChI is InChI=1S/C20H16Cl2N4O2/c1-12-2-3-14-9-15(19(22)25-17(14)8-12)10-24-26-18(27)11-23-20(28)13-4-6-16(21)7-5-13/h2-10H,11H2,1H3,(H,23,28)(H,26,27). The van der Waals surface area contributed by atoms with Crippen LogP contribution in [0.1, 0.15) is 21.5 Å². The molecule has 0 spiro atoms. The Morgan fingerprint density at radius 1 is 1.11 bits per heavy atom. The van der Waals surface area contributed by atoms with Gasteiger partial charge in [0.25, 0.3) is 11.8 Å². The summed E-state index contributed by atoms with van der Waals surface area (Å²) in [5, 5.41) is 8.10. The summed E-state index contributed by atoms with van der Waals surface area (Å²) < 4.78 is 0. The van der Waals surface area contributed by atoms with E-state index in [1.165, 1.54) is 6.21 Å². The van der Waals surface area contributed by atoms with Gasteiger partial charge in [-0.05, 0) is 48.9 Å². The van der Waals surface area contributed by atoms with Crippen molar-refractivity contribution in [1.82, 2.24) is 15.7 Å². The fraction of sp³-hybridized carbons (Fsp3) is 0.100. The van der Waals surface area contributed by atoms with Crippen molar-refractivity contribution < 1.29 is 9.59 Å². The van der Waals surface area contributed by atoms with Gasteiger partial charge >= 0.3 is 0 Å². The second kappa shape index (κ2) is 8.82. The van der Waals surface area contributed by atoms with E-state index < -0.39 is 5.91 Å². The molecule has 0 aliphatic carbocycles. The highest BCUT2D eigenvalue weighted by molar-refractivity contribution is 6.32. The maximum absolute atomic E-state index is 12.0. The first kappa shape index (κ1) is 19.8. The predicted octanol–water partition coefficient (Wildman–Crippen LogP) is 3.73. The van der Waals surface area contributed by atoms with Crippen LogP contribution in [0.4, 0.5) is 0 Å². The van der Waals surface area contributed by atoms with Gasteiger partial charge in [0.2, 0.25) is 0 Å². The number of carbonyl (C=O) groups excluding carboxylic acids is 2. The highest BCUT2D eigenvalue weighted by Gasteiger charge is 2.08. The number of nitrogens with zero attached hydrogens (tertiary/aromatic N) is 2. The SMILES string of the molecule is Cc1ccc2cc(C=NNC(=O)CNC(=O)c3ccc(Cl)cc3)c(Cl)nc2c1. The van der Waals surface area contributed by atoms with Gasteiger partial charge in [-0.25, -0.2) is 10.4 Å². The van der Waals surface area contributed by atoms with Crippen LogP contribution in [0.3, 0.4) is 0 Å². The third-order valence-corrected chi connectivity index (χ3v) is 4.42. The maximum atomic E-state index is 12.0. The van der Waals surface area contributed by atoms with Gasteiger partial charge in [0.05, 0.1) is 18.3 Å². The van der Waals surface area contributed by atoms with Crippen molar-refractivity contribution in [2.75, 3.05) is 6.54 Å². The zero-order valence-corrected chi connectivity index (χ0v) is 16.4. The Kier molecular flexibility index (Phi) is 6.23. The van der Waals surface area contributed by atoms with Gasteiger partial charge in [-0.2, -0.15) is 5.10 Å². The minimum absolute atomic E-state index is 0.220. The molecule has 0 aliphatic rings. The molecule has 3 rings (SSSR count). The van der Waals surface area contributed by atoms with Gasteiger partial charge in [0.1, 0.15) is 5.15 Å². The average molecular weight is 415 g/mol. The first-order valence-corrected chi connectivity index (χ1v) is 9.10. The lowest BCUT2D eigenvalue weighted by molar-refractivity contribution is -0.120. The van der Waals surface area contributed by atoms with Crippen LogP contribution in [0.15, 0.2) is 53.6 Å². The number of rotatable bonds is 5. The molecule has 0 fully saturated rings. The minimum Gasteiger partial charge on any atom is -0.343 e. The molecule has 2 aromatic carbocycles. The number of hydrazone groups is 1. The topological polar surface area (TPSA) is 83.5 Å². The molecule has 0 saturated heterocycles. The van der Waals surface area contributed by atoms with E-state index in [9.17, 15) is 9.59 Å². The molecule has 0 bridgehead atoms. The minimum atomic E-state index is -0.473. The van der Waals surface area contributed by atoms with E-state index in [1.54, 1.807) is 24.3 Å². The van der Waals surface area contributed by atoms with E-state index in [-0.39, 0.29) is 17.6 Å². The molecule has 6 nitrogen and oxygen atoms in total. The summed E-state index contributed by atoms with van der Waals surface area (Å²) in [5.41, 5.74) is 5.20. The predicted molar refractivity (Wildman–Crippen MR) is 111 cm³/mol. The number of pyridine rings is 1. The second-order valence-corrected chi connectivity index (χ2v) is 6.84. The van der Waals surface area contributed by atoms with Crippen molar-refractivity contribution in [2.45, 2.75) is 6.92 Å². The van der Waals surface area contributed by atoms with Crippen molar-refractivity contribution in [3.8, 4) is 0 Å². The summed E-state index contributed by atoms with van der Waals surface area (Å²) in [4.78, 5) is 28.1. The lowest BCUT2D eigenvalue weighted by Crippen LogP contribution is -2.34. The molecule has 2 N–H and O–H groups in total. The van der Waals surface area contributed by atoms with Crippen molar-refractivity contribution in [2.24, 2.45) is 5.10 Å². The molecule has 1 aromatic heterocycles. The summed E-state index contributed by atoms with van der Waals surface area (Å²) in [6.07, 6.45) is 1.41. The Hall–Kier alpha value is -2.96. The van der Waals surface area contributed by atoms with Crippen LogP contribution in [0.5, 0.6) is 0 Å². The molecular formula is C20H16Cl2N4O2. The lowest BCUT2D eigenvalue weighted by Gasteiger charge is -2.05. The van der Waals surface area contributed by atoms with Crippen LogP contribution >= 0.6 is 23.2 Å². The molecule has 0 aliphatic heterocycles. The van der Waals surface area contributed by atoms with Crippen LogP contribution in [-0.4, -0.2) is 29.6 Å². The van der Waals surface area contributed by atoms with E-state index in [1.807, 2.05) is 31.2 Å². The molecule has 0 atom stereocenters. The summed E-state index contributed by atoms with van der Waals surface area (Å²) in [5.74, 6) is -0.855. The molecular weight excluding hydrogens is 399 g/mol. The number of aryl methyl sites for hydroxylation is 1. The number of fused-ring (bicyclic) bond motifs is 1. The van der Waals surface area contributed by atoms with Crippen LogP contribution in [0.2, 0.25) is 10.2 Å². The Morgan fingerprint density at radius 2 is 1.86 bits per heavy atom. The van der Waals surface area contributed by atoms with Gasteiger partial charge in [-0.3, -0.25) is 9.59 Å². The second-order valence-electron chi connectivity index (χ2n) is 6.05. The number of nitrogens with one attached hydrogen (secondary N) is 2. The number of hydrogen-bond donors (Lipinski definition) is 2. The largest absolute Gasteiger partial charge is 0.343 e. The zero-order valence-electron chi connectivity index (χ0n) is 14.9. The van der Waals surface area contributed by atoms with E-state index in [0.29, 0.717) is 16.1 Å². The summed E-state index contributed by atoms with van der Waals surface area (Å²) >= 11 is 11.9. The summed E-state index contributed by atoms with van der Waals surface area (Å²) in [7, 11) is 0. The van der Waals surface area contributed by atoms with Gasteiger partial charge in [0.15, 0.2) is 0 Å². The number of amides is 2. The Balaban J connectivity index is 1.56. The average Bonchev–Trinajstić information content (AvgIpc) is 2.67. The molecule has 0 saturated carbocycles. The first-order chi connectivity index (χ1) is 13.4.